The van der Waals surface area contributed by atoms with Crippen molar-refractivity contribution in [2.75, 3.05) is 5.32 Å². The summed E-state index contributed by atoms with van der Waals surface area (Å²) in [5.41, 5.74) is 1.04. The van der Waals surface area contributed by atoms with E-state index in [2.05, 4.69) is 10.4 Å². The molecule has 0 saturated heterocycles. The summed E-state index contributed by atoms with van der Waals surface area (Å²) in [5, 5.41) is 6.51. The molecule has 0 radical (unpaired) electrons. The minimum Gasteiger partial charge on any atom is -0.323 e. The van der Waals surface area contributed by atoms with Crippen molar-refractivity contribution in [3.05, 3.63) is 42.2 Å². The fourth-order valence-electron chi connectivity index (χ4n) is 1.78. The van der Waals surface area contributed by atoms with E-state index in [1.54, 1.807) is 13.2 Å². The molecule has 0 aliphatic rings. The molecule has 9 heteroatoms. The van der Waals surface area contributed by atoms with Gasteiger partial charge in [-0.1, -0.05) is 12.1 Å². The molecular formula is C13H13F2N3O3S. The number of aromatic nitrogens is 2. The summed E-state index contributed by atoms with van der Waals surface area (Å²) >= 11 is 0. The molecule has 0 fully saturated rings. The minimum absolute atomic E-state index is 0.0100. The van der Waals surface area contributed by atoms with E-state index in [9.17, 15) is 22.0 Å². The maximum absolute atomic E-state index is 12.4. The molecule has 6 nitrogen and oxygen atoms in total. The first-order valence-electron chi connectivity index (χ1n) is 6.18. The van der Waals surface area contributed by atoms with Gasteiger partial charge in [-0.3, -0.25) is 9.48 Å². The van der Waals surface area contributed by atoms with Crippen LogP contribution in [0.4, 0.5) is 14.5 Å². The second kappa shape index (κ2) is 6.22. The number of carbonyl (C=O) groups is 1. The number of aryl methyl sites for hydroxylation is 1. The molecule has 1 heterocycles. The number of sulfone groups is 1. The SMILES string of the molecule is Cn1cc(NC(=O)Cc2ccc(S(=O)(=O)C(F)F)cc2)cn1. The van der Waals surface area contributed by atoms with Crippen LogP contribution in [0.15, 0.2) is 41.6 Å². The van der Waals surface area contributed by atoms with Crippen molar-refractivity contribution in [3.63, 3.8) is 0 Å². The molecule has 1 N–H and O–H groups in total. The lowest BCUT2D eigenvalue weighted by molar-refractivity contribution is -0.115. The Balaban J connectivity index is 2.04. The van der Waals surface area contributed by atoms with Gasteiger partial charge in [0.25, 0.3) is 0 Å². The lowest BCUT2D eigenvalue weighted by Crippen LogP contribution is -2.14. The fraction of sp³-hybridized carbons (Fsp3) is 0.231. The van der Waals surface area contributed by atoms with Gasteiger partial charge in [-0.2, -0.15) is 13.9 Å². The highest BCUT2D eigenvalue weighted by Crippen LogP contribution is 2.19. The zero-order chi connectivity index (χ0) is 16.3. The Labute approximate surface area is 125 Å². The molecular weight excluding hydrogens is 316 g/mol. The Morgan fingerprint density at radius 2 is 1.95 bits per heavy atom. The number of hydrogen-bond donors (Lipinski definition) is 1. The van der Waals surface area contributed by atoms with Gasteiger partial charge in [0.1, 0.15) is 0 Å². The molecule has 0 aliphatic carbocycles. The number of nitrogens with zero attached hydrogens (tertiary/aromatic N) is 2. The average molecular weight is 329 g/mol. The van der Waals surface area contributed by atoms with Crippen LogP contribution in [0.1, 0.15) is 5.56 Å². The molecule has 0 unspecified atom stereocenters. The Morgan fingerprint density at radius 1 is 1.32 bits per heavy atom. The lowest BCUT2D eigenvalue weighted by Gasteiger charge is -2.05. The third kappa shape index (κ3) is 3.67. The van der Waals surface area contributed by atoms with Crippen molar-refractivity contribution >= 4 is 21.4 Å². The molecule has 1 aromatic heterocycles. The molecule has 1 amide bonds. The van der Waals surface area contributed by atoms with Crippen LogP contribution in [0.3, 0.4) is 0 Å². The molecule has 0 saturated carbocycles. The van der Waals surface area contributed by atoms with Gasteiger partial charge in [-0.05, 0) is 17.7 Å². The lowest BCUT2D eigenvalue weighted by atomic mass is 10.1. The molecule has 0 atom stereocenters. The summed E-state index contributed by atoms with van der Waals surface area (Å²) in [4.78, 5) is 11.3. The van der Waals surface area contributed by atoms with Crippen LogP contribution in [0.2, 0.25) is 0 Å². The van der Waals surface area contributed by atoms with Gasteiger partial charge in [0.2, 0.25) is 15.7 Å². The van der Waals surface area contributed by atoms with Crippen LogP contribution in [0, 0.1) is 0 Å². The van der Waals surface area contributed by atoms with Crippen molar-refractivity contribution in [3.8, 4) is 0 Å². The first kappa shape index (κ1) is 16.1. The van der Waals surface area contributed by atoms with E-state index in [-0.39, 0.29) is 12.3 Å². The summed E-state index contributed by atoms with van der Waals surface area (Å²) < 4.78 is 48.9. The number of halogens is 2. The maximum Gasteiger partial charge on any atom is 0.341 e. The largest absolute Gasteiger partial charge is 0.341 e. The first-order chi connectivity index (χ1) is 10.3. The second-order valence-electron chi connectivity index (χ2n) is 4.58. The molecule has 2 aromatic rings. The number of rotatable bonds is 5. The van der Waals surface area contributed by atoms with Crippen LogP contribution in [-0.4, -0.2) is 29.9 Å². The first-order valence-corrected chi connectivity index (χ1v) is 7.73. The zero-order valence-electron chi connectivity index (χ0n) is 11.5. The molecule has 1 aromatic carbocycles. The third-order valence-electron chi connectivity index (χ3n) is 2.84. The second-order valence-corrected chi connectivity index (χ2v) is 6.50. The summed E-state index contributed by atoms with van der Waals surface area (Å²) in [6.45, 7) is 0. The van der Waals surface area contributed by atoms with Gasteiger partial charge >= 0.3 is 5.76 Å². The topological polar surface area (TPSA) is 81.1 Å². The summed E-state index contributed by atoms with van der Waals surface area (Å²) in [5.74, 6) is -3.79. The standard InChI is InChI=1S/C13H13F2N3O3S/c1-18-8-10(7-16-18)17-12(19)6-9-2-4-11(5-3-9)22(20,21)13(14)15/h2-5,7-8,13H,6H2,1H3,(H,17,19). The predicted octanol–water partition coefficient (Wildman–Crippen LogP) is 1.60. The third-order valence-corrected chi connectivity index (χ3v) is 4.24. The Bertz CT molecular complexity index is 770. The van der Waals surface area contributed by atoms with E-state index in [4.69, 9.17) is 0 Å². The molecule has 0 aliphatic heterocycles. The van der Waals surface area contributed by atoms with Gasteiger partial charge in [-0.15, -0.1) is 0 Å². The Hall–Kier alpha value is -2.29. The zero-order valence-corrected chi connectivity index (χ0v) is 12.3. The van der Waals surface area contributed by atoms with Crippen LogP contribution in [0.5, 0.6) is 0 Å². The van der Waals surface area contributed by atoms with Crippen molar-refractivity contribution in [1.82, 2.24) is 9.78 Å². The monoisotopic (exact) mass is 329 g/mol. The van der Waals surface area contributed by atoms with Crippen molar-refractivity contribution in [2.24, 2.45) is 7.05 Å². The normalized spacial score (nSPS) is 11.6. The van der Waals surface area contributed by atoms with E-state index in [1.807, 2.05) is 0 Å². The Morgan fingerprint density at radius 3 is 2.45 bits per heavy atom. The summed E-state index contributed by atoms with van der Waals surface area (Å²) in [7, 11) is -2.91. The smallest absolute Gasteiger partial charge is 0.323 e. The van der Waals surface area contributed by atoms with Gasteiger partial charge in [0, 0.05) is 13.2 Å². The van der Waals surface area contributed by atoms with Crippen molar-refractivity contribution in [1.29, 1.82) is 0 Å². The fourth-order valence-corrected chi connectivity index (χ4v) is 2.50. The number of alkyl halides is 2. The van der Waals surface area contributed by atoms with Crippen LogP contribution >= 0.6 is 0 Å². The molecule has 22 heavy (non-hydrogen) atoms. The van der Waals surface area contributed by atoms with Crippen LogP contribution < -0.4 is 5.32 Å². The van der Waals surface area contributed by atoms with E-state index in [0.29, 0.717) is 11.3 Å². The number of hydrogen-bond acceptors (Lipinski definition) is 4. The van der Waals surface area contributed by atoms with E-state index < -0.39 is 20.5 Å². The summed E-state index contributed by atoms with van der Waals surface area (Å²) in [6.07, 6.45) is 3.09. The van der Waals surface area contributed by atoms with Gasteiger partial charge in [0.05, 0.1) is 23.2 Å². The highest BCUT2D eigenvalue weighted by Gasteiger charge is 2.26. The van der Waals surface area contributed by atoms with Crippen molar-refractivity contribution < 1.29 is 22.0 Å². The average Bonchev–Trinajstić information content (AvgIpc) is 2.84. The highest BCUT2D eigenvalue weighted by molar-refractivity contribution is 7.91. The van der Waals surface area contributed by atoms with Gasteiger partial charge < -0.3 is 5.32 Å². The number of nitrogens with one attached hydrogen (secondary N) is 1. The van der Waals surface area contributed by atoms with E-state index >= 15 is 0 Å². The van der Waals surface area contributed by atoms with Crippen LogP contribution in [-0.2, 0) is 28.1 Å². The minimum atomic E-state index is -4.61. The van der Waals surface area contributed by atoms with Crippen molar-refractivity contribution in [2.45, 2.75) is 17.1 Å². The molecule has 118 valence electrons. The number of carbonyl (C=O) groups excluding carboxylic acids is 1. The molecule has 2 rings (SSSR count). The van der Waals surface area contributed by atoms with Gasteiger partial charge in [0.15, 0.2) is 0 Å². The van der Waals surface area contributed by atoms with Gasteiger partial charge in [-0.25, -0.2) is 8.42 Å². The maximum atomic E-state index is 12.4. The Kier molecular flexibility index (Phi) is 4.55. The molecule has 0 spiro atoms. The van der Waals surface area contributed by atoms with E-state index in [1.165, 1.54) is 23.0 Å². The number of amides is 1. The van der Waals surface area contributed by atoms with Crippen LogP contribution in [0.25, 0.3) is 0 Å². The quantitative estimate of drug-likeness (QED) is 0.903. The number of benzene rings is 1. The predicted molar refractivity (Wildman–Crippen MR) is 75.2 cm³/mol. The number of anilines is 1. The summed E-state index contributed by atoms with van der Waals surface area (Å²) in [6, 6.07) is 4.79. The molecule has 0 bridgehead atoms. The highest BCUT2D eigenvalue weighted by atomic mass is 32.2. The van der Waals surface area contributed by atoms with E-state index in [0.717, 1.165) is 12.1 Å².